The number of benzene rings is 2. The van der Waals surface area contributed by atoms with E-state index in [0.29, 0.717) is 24.2 Å². The molecule has 5 nitrogen and oxygen atoms in total. The molecule has 0 radical (unpaired) electrons. The molecule has 0 aliphatic carbocycles. The Labute approximate surface area is 156 Å². The molecule has 0 saturated carbocycles. The van der Waals surface area contributed by atoms with Crippen LogP contribution >= 0.6 is 11.3 Å². The summed E-state index contributed by atoms with van der Waals surface area (Å²) in [4.78, 5) is 16.3. The quantitative estimate of drug-likeness (QED) is 0.568. The van der Waals surface area contributed by atoms with Crippen LogP contribution in [0, 0.1) is 0 Å². The molecule has 0 N–H and O–H groups in total. The number of carbonyl (C=O) groups excluding carboxylic acids is 1. The monoisotopic (exact) mass is 371 g/mol. The smallest absolute Gasteiger partial charge is 0.349 e. The molecule has 2 aromatic carbocycles. The van der Waals surface area contributed by atoms with Crippen LogP contribution in [0.3, 0.4) is 0 Å². The molecule has 0 amide bonds. The molecule has 6 heteroatoms. The lowest BCUT2D eigenvalue weighted by molar-refractivity contribution is -0.158. The zero-order valence-corrected chi connectivity index (χ0v) is 15.8. The van der Waals surface area contributed by atoms with Gasteiger partial charge in [-0.25, -0.2) is 9.78 Å². The second-order valence-corrected chi connectivity index (χ2v) is 7.21. The maximum atomic E-state index is 11.9. The van der Waals surface area contributed by atoms with Crippen LogP contribution in [0.2, 0.25) is 0 Å². The summed E-state index contributed by atoms with van der Waals surface area (Å²) in [6.07, 6.45) is 0. The highest BCUT2D eigenvalue weighted by atomic mass is 32.1. The first-order valence-electron chi connectivity index (χ1n) is 8.41. The Bertz CT molecular complexity index is 853. The third kappa shape index (κ3) is 4.32. The van der Waals surface area contributed by atoms with Crippen molar-refractivity contribution >= 4 is 27.5 Å². The minimum atomic E-state index is -1.03. The molecule has 0 aliphatic heterocycles. The van der Waals surface area contributed by atoms with Gasteiger partial charge in [-0.2, -0.15) is 0 Å². The lowest BCUT2D eigenvalue weighted by atomic mass is 10.1. The van der Waals surface area contributed by atoms with Crippen LogP contribution in [0.15, 0.2) is 48.5 Å². The first-order valence-corrected chi connectivity index (χ1v) is 9.23. The van der Waals surface area contributed by atoms with Gasteiger partial charge in [0.2, 0.25) is 0 Å². The summed E-state index contributed by atoms with van der Waals surface area (Å²) in [7, 11) is 0. The largest absolute Gasteiger partial charge is 0.476 e. The van der Waals surface area contributed by atoms with Gasteiger partial charge in [-0.15, -0.1) is 0 Å². The predicted octanol–water partition coefficient (Wildman–Crippen LogP) is 4.60. The van der Waals surface area contributed by atoms with Crippen LogP contribution in [0.1, 0.15) is 26.3 Å². The van der Waals surface area contributed by atoms with Crippen molar-refractivity contribution in [2.45, 2.75) is 33.0 Å². The number of hydrogen-bond acceptors (Lipinski definition) is 6. The molecule has 0 fully saturated rings. The summed E-state index contributed by atoms with van der Waals surface area (Å²) in [5.41, 5.74) is 0.901. The van der Waals surface area contributed by atoms with Crippen molar-refractivity contribution in [2.24, 2.45) is 0 Å². The highest BCUT2D eigenvalue weighted by Gasteiger charge is 2.31. The molecular formula is C20H21NO4S. The fraction of sp³-hybridized carbons (Fsp3) is 0.300. The van der Waals surface area contributed by atoms with Crippen molar-refractivity contribution in [3.05, 3.63) is 54.1 Å². The number of ether oxygens (including phenoxy) is 3. The molecule has 3 aromatic rings. The standard InChI is InChI=1S/C20H21NO4S/c1-4-23-18(22)20(2,3)25-15-11-9-14(10-12-15)13-24-19-21-16-7-5-6-8-17(16)26-19/h5-12H,4,13H2,1-3H3. The number of para-hydroxylation sites is 1. The van der Waals surface area contributed by atoms with E-state index in [1.807, 2.05) is 48.5 Å². The topological polar surface area (TPSA) is 57.7 Å². The Kier molecular flexibility index (Phi) is 5.42. The van der Waals surface area contributed by atoms with E-state index in [1.165, 1.54) is 11.3 Å². The average molecular weight is 371 g/mol. The van der Waals surface area contributed by atoms with Crippen molar-refractivity contribution in [1.29, 1.82) is 0 Å². The Balaban J connectivity index is 1.59. The van der Waals surface area contributed by atoms with Gasteiger partial charge in [0.15, 0.2) is 5.60 Å². The molecule has 0 saturated heterocycles. The van der Waals surface area contributed by atoms with Gasteiger partial charge in [-0.05, 0) is 50.6 Å². The Morgan fingerprint density at radius 2 is 1.85 bits per heavy atom. The summed E-state index contributed by atoms with van der Waals surface area (Å²) in [6, 6.07) is 15.4. The number of hydrogen-bond donors (Lipinski definition) is 0. The maximum absolute atomic E-state index is 11.9. The van der Waals surface area contributed by atoms with Gasteiger partial charge in [-0.1, -0.05) is 35.6 Å². The number of nitrogens with zero attached hydrogens (tertiary/aromatic N) is 1. The van der Waals surface area contributed by atoms with E-state index >= 15 is 0 Å². The second kappa shape index (κ2) is 7.74. The zero-order chi connectivity index (χ0) is 18.6. The van der Waals surface area contributed by atoms with Crippen LogP contribution in [0.5, 0.6) is 10.9 Å². The molecule has 1 aromatic heterocycles. The highest BCUT2D eigenvalue weighted by molar-refractivity contribution is 7.20. The minimum Gasteiger partial charge on any atom is -0.476 e. The number of carbonyl (C=O) groups is 1. The molecule has 0 unspecified atom stereocenters. The number of rotatable bonds is 7. The van der Waals surface area contributed by atoms with E-state index in [-0.39, 0.29) is 5.97 Å². The van der Waals surface area contributed by atoms with Gasteiger partial charge < -0.3 is 14.2 Å². The van der Waals surface area contributed by atoms with Gasteiger partial charge in [0.1, 0.15) is 12.4 Å². The first kappa shape index (κ1) is 18.2. The number of aromatic nitrogens is 1. The van der Waals surface area contributed by atoms with Crippen LogP contribution in [0.4, 0.5) is 0 Å². The summed E-state index contributed by atoms with van der Waals surface area (Å²) < 4.78 is 17.7. The van der Waals surface area contributed by atoms with E-state index in [0.717, 1.165) is 15.8 Å². The number of fused-ring (bicyclic) bond motifs is 1. The Morgan fingerprint density at radius 1 is 1.12 bits per heavy atom. The van der Waals surface area contributed by atoms with E-state index < -0.39 is 5.60 Å². The van der Waals surface area contributed by atoms with Gasteiger partial charge in [0, 0.05) is 0 Å². The number of thiazole rings is 1. The minimum absolute atomic E-state index is 0.327. The normalized spacial score (nSPS) is 11.3. The molecular weight excluding hydrogens is 350 g/mol. The third-order valence-electron chi connectivity index (χ3n) is 3.70. The van der Waals surface area contributed by atoms with Crippen LogP contribution in [-0.2, 0) is 16.1 Å². The van der Waals surface area contributed by atoms with E-state index in [4.69, 9.17) is 14.2 Å². The van der Waals surface area contributed by atoms with Gasteiger partial charge in [0.05, 0.1) is 16.8 Å². The summed E-state index contributed by atoms with van der Waals surface area (Å²) >= 11 is 1.53. The Morgan fingerprint density at radius 3 is 2.54 bits per heavy atom. The van der Waals surface area contributed by atoms with Crippen LogP contribution in [-0.4, -0.2) is 23.2 Å². The van der Waals surface area contributed by atoms with Crippen molar-refractivity contribution < 1.29 is 19.0 Å². The van der Waals surface area contributed by atoms with Gasteiger partial charge in [0.25, 0.3) is 5.19 Å². The van der Waals surface area contributed by atoms with Crippen LogP contribution < -0.4 is 9.47 Å². The van der Waals surface area contributed by atoms with Gasteiger partial charge in [-0.3, -0.25) is 0 Å². The summed E-state index contributed by atoms with van der Waals surface area (Å²) in [5.74, 6) is 0.218. The zero-order valence-electron chi connectivity index (χ0n) is 15.0. The van der Waals surface area contributed by atoms with E-state index in [9.17, 15) is 4.79 Å². The molecule has 0 atom stereocenters. The maximum Gasteiger partial charge on any atom is 0.349 e. The van der Waals surface area contributed by atoms with Crippen molar-refractivity contribution in [3.63, 3.8) is 0 Å². The second-order valence-electron chi connectivity index (χ2n) is 6.21. The highest BCUT2D eigenvalue weighted by Crippen LogP contribution is 2.28. The third-order valence-corrected chi connectivity index (χ3v) is 4.65. The van der Waals surface area contributed by atoms with Crippen molar-refractivity contribution in [3.8, 4) is 10.9 Å². The summed E-state index contributed by atoms with van der Waals surface area (Å²) in [6.45, 7) is 5.90. The van der Waals surface area contributed by atoms with Gasteiger partial charge >= 0.3 is 5.97 Å². The average Bonchev–Trinajstić information content (AvgIpc) is 3.04. The molecule has 0 aliphatic rings. The SMILES string of the molecule is CCOC(=O)C(C)(C)Oc1ccc(COc2nc3ccccc3s2)cc1. The molecule has 26 heavy (non-hydrogen) atoms. The predicted molar refractivity (Wildman–Crippen MR) is 102 cm³/mol. The fourth-order valence-electron chi connectivity index (χ4n) is 2.35. The van der Waals surface area contributed by atoms with Crippen LogP contribution in [0.25, 0.3) is 10.2 Å². The molecule has 136 valence electrons. The molecule has 0 spiro atoms. The molecule has 1 heterocycles. The molecule has 3 rings (SSSR count). The van der Waals surface area contributed by atoms with E-state index in [2.05, 4.69) is 4.98 Å². The Hall–Kier alpha value is -2.60. The van der Waals surface area contributed by atoms with Crippen molar-refractivity contribution in [1.82, 2.24) is 4.98 Å². The molecule has 0 bridgehead atoms. The van der Waals surface area contributed by atoms with E-state index in [1.54, 1.807) is 20.8 Å². The van der Waals surface area contributed by atoms with Crippen molar-refractivity contribution in [2.75, 3.05) is 6.61 Å². The fourth-order valence-corrected chi connectivity index (χ4v) is 3.17. The lowest BCUT2D eigenvalue weighted by Crippen LogP contribution is -2.39. The lowest BCUT2D eigenvalue weighted by Gasteiger charge is -2.24. The first-order chi connectivity index (χ1) is 12.5. The number of esters is 1. The summed E-state index contributed by atoms with van der Waals surface area (Å²) in [5, 5.41) is 0.648.